The van der Waals surface area contributed by atoms with Crippen molar-refractivity contribution in [2.24, 2.45) is 5.73 Å². The predicted molar refractivity (Wildman–Crippen MR) is 92.8 cm³/mol. The molecule has 0 saturated carbocycles. The van der Waals surface area contributed by atoms with Crippen molar-refractivity contribution in [3.8, 4) is 0 Å². The zero-order valence-corrected chi connectivity index (χ0v) is 14.7. The van der Waals surface area contributed by atoms with E-state index < -0.39 is 29.3 Å². The Morgan fingerprint density at radius 3 is 2.44 bits per heavy atom. The summed E-state index contributed by atoms with van der Waals surface area (Å²) < 4.78 is 16.5. The average molecular weight is 351 g/mol. The molecule has 1 amide bonds. The smallest absolute Gasteiger partial charge is 0.448 e. The van der Waals surface area contributed by atoms with Crippen molar-refractivity contribution >= 4 is 30.0 Å². The number of nitrogens with one attached hydrogen (secondary N) is 1. The Hall–Kier alpha value is -2.33. The molecule has 0 unspecified atom stereocenters. The third-order valence-corrected chi connectivity index (χ3v) is 4.40. The summed E-state index contributed by atoms with van der Waals surface area (Å²) >= 11 is 0. The van der Waals surface area contributed by atoms with Crippen LogP contribution in [0, 0.1) is 10.1 Å². The molecule has 0 spiro atoms. The van der Waals surface area contributed by atoms with E-state index in [1.54, 1.807) is 12.1 Å². The lowest BCUT2D eigenvalue weighted by Crippen LogP contribution is -2.41. The first-order valence-corrected chi connectivity index (χ1v) is 7.83. The summed E-state index contributed by atoms with van der Waals surface area (Å²) in [6.07, 6.45) is -0.901. The van der Waals surface area contributed by atoms with Crippen molar-refractivity contribution in [1.82, 2.24) is 0 Å². The van der Waals surface area contributed by atoms with Gasteiger partial charge in [0.2, 0.25) is 0 Å². The van der Waals surface area contributed by atoms with Crippen LogP contribution in [0.4, 0.5) is 16.2 Å². The van der Waals surface area contributed by atoms with Gasteiger partial charge >= 0.3 is 13.2 Å². The number of hydrogen-bond acceptors (Lipinski definition) is 7. The first kappa shape index (κ1) is 19.0. The van der Waals surface area contributed by atoms with Crippen molar-refractivity contribution in [3.63, 3.8) is 0 Å². The van der Waals surface area contributed by atoms with Gasteiger partial charge in [-0.2, -0.15) is 0 Å². The second-order valence-electron chi connectivity index (χ2n) is 6.72. The quantitative estimate of drug-likeness (QED) is 0.343. The van der Waals surface area contributed by atoms with Gasteiger partial charge in [-0.3, -0.25) is 10.1 Å². The molecule has 1 fully saturated rings. The highest BCUT2D eigenvalue weighted by Gasteiger charge is 2.51. The highest BCUT2D eigenvalue weighted by Crippen LogP contribution is 2.37. The third kappa shape index (κ3) is 4.20. The first-order valence-electron chi connectivity index (χ1n) is 7.83. The number of carbonyl (C=O) groups excluding carboxylic acids is 1. The summed E-state index contributed by atoms with van der Waals surface area (Å²) in [4.78, 5) is 21.3. The lowest BCUT2D eigenvalue weighted by Gasteiger charge is -2.32. The minimum Gasteiger partial charge on any atom is -0.448 e. The number of nitro benzene ring substituents is 1. The summed E-state index contributed by atoms with van der Waals surface area (Å²) in [5.41, 5.74) is 4.69. The van der Waals surface area contributed by atoms with Crippen LogP contribution in [0.2, 0.25) is 0 Å². The molecule has 0 aromatic heterocycles. The summed E-state index contributed by atoms with van der Waals surface area (Å²) in [5.74, 6) is 0. The van der Waals surface area contributed by atoms with Crippen LogP contribution in [0.5, 0.6) is 0 Å². The van der Waals surface area contributed by atoms with E-state index in [1.165, 1.54) is 6.07 Å². The summed E-state index contributed by atoms with van der Waals surface area (Å²) in [5, 5.41) is 14.1. The van der Waals surface area contributed by atoms with Crippen LogP contribution in [0.25, 0.3) is 0 Å². The fourth-order valence-electron chi connectivity index (χ4n) is 2.32. The second-order valence-corrected chi connectivity index (χ2v) is 6.72. The standard InChI is InChI=1S/C15H22BN3O6/c1-14(2)15(3,4)25-16(24-14)10-5-6-12(19(21)22)11(9-10)18-7-8-23-13(17)20/h5-6,9,18H,7-8H2,1-4H3,(H2,17,20). The van der Waals surface area contributed by atoms with Gasteiger partial charge < -0.3 is 25.1 Å². The van der Waals surface area contributed by atoms with Gasteiger partial charge in [0.25, 0.3) is 5.69 Å². The van der Waals surface area contributed by atoms with Crippen LogP contribution in [0.1, 0.15) is 27.7 Å². The van der Waals surface area contributed by atoms with Gasteiger partial charge in [-0.05, 0) is 39.2 Å². The second kappa shape index (κ2) is 6.89. The fourth-order valence-corrected chi connectivity index (χ4v) is 2.32. The number of benzene rings is 1. The number of amides is 1. The van der Waals surface area contributed by atoms with Crippen LogP contribution < -0.4 is 16.5 Å². The Bertz CT molecular complexity index is 663. The van der Waals surface area contributed by atoms with Gasteiger partial charge in [-0.1, -0.05) is 6.07 Å². The average Bonchev–Trinajstić information content (AvgIpc) is 2.71. The van der Waals surface area contributed by atoms with Gasteiger partial charge in [-0.15, -0.1) is 0 Å². The van der Waals surface area contributed by atoms with Crippen LogP contribution in [-0.4, -0.2) is 42.5 Å². The van der Waals surface area contributed by atoms with E-state index >= 15 is 0 Å². The van der Waals surface area contributed by atoms with Gasteiger partial charge in [0.1, 0.15) is 12.3 Å². The molecule has 1 heterocycles. The van der Waals surface area contributed by atoms with E-state index in [0.717, 1.165) is 0 Å². The highest BCUT2D eigenvalue weighted by molar-refractivity contribution is 6.62. The molecule has 3 N–H and O–H groups in total. The normalized spacial score (nSPS) is 18.0. The van der Waals surface area contributed by atoms with Crippen molar-refractivity contribution < 1.29 is 23.8 Å². The number of hydrogen-bond donors (Lipinski definition) is 2. The largest absolute Gasteiger partial charge is 0.494 e. The molecule has 2 rings (SSSR count). The Morgan fingerprint density at radius 1 is 1.32 bits per heavy atom. The minimum absolute atomic E-state index is 0.00674. The molecule has 0 atom stereocenters. The maximum absolute atomic E-state index is 11.2. The number of ether oxygens (including phenoxy) is 1. The number of nitrogens with zero attached hydrogens (tertiary/aromatic N) is 1. The van der Waals surface area contributed by atoms with Gasteiger partial charge in [0.05, 0.1) is 16.1 Å². The van der Waals surface area contributed by atoms with E-state index in [0.29, 0.717) is 5.46 Å². The lowest BCUT2D eigenvalue weighted by molar-refractivity contribution is -0.383. The molecule has 1 aliphatic heterocycles. The van der Waals surface area contributed by atoms with Crippen molar-refractivity contribution in [2.75, 3.05) is 18.5 Å². The molecule has 1 aromatic carbocycles. The highest BCUT2D eigenvalue weighted by atomic mass is 16.7. The van der Waals surface area contributed by atoms with Crippen LogP contribution in [0.3, 0.4) is 0 Å². The number of primary amides is 1. The molecule has 9 nitrogen and oxygen atoms in total. The van der Waals surface area contributed by atoms with Crippen LogP contribution in [0.15, 0.2) is 18.2 Å². The molecule has 1 saturated heterocycles. The zero-order valence-electron chi connectivity index (χ0n) is 14.7. The van der Waals surface area contributed by atoms with Gasteiger partial charge in [0, 0.05) is 12.6 Å². The van der Waals surface area contributed by atoms with Crippen molar-refractivity contribution in [3.05, 3.63) is 28.3 Å². The fraction of sp³-hybridized carbons (Fsp3) is 0.533. The SMILES string of the molecule is CC1(C)OB(c2ccc([N+](=O)[O-])c(NCCOC(N)=O)c2)OC1(C)C. The number of nitro groups is 1. The van der Waals surface area contributed by atoms with Gasteiger partial charge in [0.15, 0.2) is 0 Å². The monoisotopic (exact) mass is 351 g/mol. The maximum atomic E-state index is 11.2. The Morgan fingerprint density at radius 2 is 1.92 bits per heavy atom. The minimum atomic E-state index is -0.901. The van der Waals surface area contributed by atoms with E-state index in [4.69, 9.17) is 15.0 Å². The van der Waals surface area contributed by atoms with Crippen molar-refractivity contribution in [2.45, 2.75) is 38.9 Å². The first-order chi connectivity index (χ1) is 11.5. The van der Waals surface area contributed by atoms with E-state index in [9.17, 15) is 14.9 Å². The molecule has 10 heteroatoms. The number of carbonyl (C=O) groups is 1. The maximum Gasteiger partial charge on any atom is 0.494 e. The van der Waals surface area contributed by atoms with Crippen LogP contribution in [-0.2, 0) is 14.0 Å². The zero-order chi connectivity index (χ0) is 18.8. The number of rotatable bonds is 6. The molecule has 136 valence electrons. The molecule has 0 radical (unpaired) electrons. The van der Waals surface area contributed by atoms with E-state index in [1.807, 2.05) is 27.7 Å². The Kier molecular flexibility index (Phi) is 5.24. The molecular formula is C15H22BN3O6. The molecule has 25 heavy (non-hydrogen) atoms. The van der Waals surface area contributed by atoms with Crippen LogP contribution >= 0.6 is 0 Å². The van der Waals surface area contributed by atoms with E-state index in [2.05, 4.69) is 10.1 Å². The number of nitrogens with two attached hydrogens (primary N) is 1. The Labute approximate surface area is 146 Å². The molecule has 1 aliphatic rings. The Balaban J connectivity index is 2.19. The molecular weight excluding hydrogens is 329 g/mol. The summed E-state index contributed by atoms with van der Waals surface area (Å²) in [6.45, 7) is 7.89. The summed E-state index contributed by atoms with van der Waals surface area (Å²) in [6, 6.07) is 4.59. The molecule has 0 aliphatic carbocycles. The molecule has 1 aromatic rings. The lowest BCUT2D eigenvalue weighted by atomic mass is 9.79. The third-order valence-electron chi connectivity index (χ3n) is 4.40. The molecule has 0 bridgehead atoms. The number of anilines is 1. The predicted octanol–water partition coefficient (Wildman–Crippen LogP) is 1.40. The van der Waals surface area contributed by atoms with E-state index in [-0.39, 0.29) is 24.5 Å². The summed E-state index contributed by atoms with van der Waals surface area (Å²) in [7, 11) is -0.631. The van der Waals surface area contributed by atoms with Gasteiger partial charge in [-0.25, -0.2) is 4.79 Å². The van der Waals surface area contributed by atoms with Crippen molar-refractivity contribution in [1.29, 1.82) is 0 Å². The topological polar surface area (TPSA) is 126 Å².